The molecule has 0 saturated heterocycles. The topological polar surface area (TPSA) is 89.9 Å². The smallest absolute Gasteiger partial charge is 0.337 e. The average Bonchev–Trinajstić information content (AvgIpc) is 2.36. The SMILES string of the molecule is CN(C)c1ccc(C(=O)NCC(C)(O)C(=O)O)cc1. The minimum Gasteiger partial charge on any atom is -0.479 e. The molecule has 0 saturated carbocycles. The first kappa shape index (κ1) is 15.0. The van der Waals surface area contributed by atoms with E-state index >= 15 is 0 Å². The Balaban J connectivity index is 2.66. The molecule has 0 aromatic heterocycles. The maximum Gasteiger partial charge on any atom is 0.337 e. The number of carbonyl (C=O) groups is 2. The Kier molecular flexibility index (Phi) is 4.50. The highest BCUT2D eigenvalue weighted by molar-refractivity contribution is 5.95. The zero-order valence-corrected chi connectivity index (χ0v) is 11.2. The van der Waals surface area contributed by atoms with Gasteiger partial charge >= 0.3 is 5.97 Å². The van der Waals surface area contributed by atoms with Gasteiger partial charge in [-0.15, -0.1) is 0 Å². The number of carbonyl (C=O) groups excluding carboxylic acids is 1. The molecule has 0 bridgehead atoms. The number of anilines is 1. The molecule has 0 aliphatic carbocycles. The Morgan fingerprint density at radius 2 is 1.79 bits per heavy atom. The number of aliphatic hydroxyl groups is 1. The molecular formula is C13H18N2O4. The fourth-order valence-electron chi connectivity index (χ4n) is 1.34. The molecule has 3 N–H and O–H groups in total. The maximum atomic E-state index is 11.8. The van der Waals surface area contributed by atoms with Gasteiger partial charge in [0.15, 0.2) is 5.60 Å². The van der Waals surface area contributed by atoms with Crippen LogP contribution in [-0.2, 0) is 4.79 Å². The highest BCUT2D eigenvalue weighted by atomic mass is 16.4. The number of benzene rings is 1. The van der Waals surface area contributed by atoms with Crippen LogP contribution in [-0.4, -0.2) is 48.3 Å². The number of nitrogens with one attached hydrogen (secondary N) is 1. The second-order valence-electron chi connectivity index (χ2n) is 4.70. The summed E-state index contributed by atoms with van der Waals surface area (Å²) < 4.78 is 0. The molecule has 104 valence electrons. The molecular weight excluding hydrogens is 248 g/mol. The first-order valence-corrected chi connectivity index (χ1v) is 5.75. The monoisotopic (exact) mass is 266 g/mol. The van der Waals surface area contributed by atoms with Gasteiger partial charge in [-0.1, -0.05) is 0 Å². The summed E-state index contributed by atoms with van der Waals surface area (Å²) in [5.74, 6) is -1.80. The highest BCUT2D eigenvalue weighted by Crippen LogP contribution is 2.12. The lowest BCUT2D eigenvalue weighted by molar-refractivity contribution is -0.155. The standard InChI is InChI=1S/C13H18N2O4/c1-13(19,12(17)18)8-14-11(16)9-4-6-10(7-5-9)15(2)3/h4-7,19H,8H2,1-3H3,(H,14,16)(H,17,18). The van der Waals surface area contributed by atoms with Crippen molar-refractivity contribution in [1.82, 2.24) is 5.32 Å². The molecule has 0 spiro atoms. The van der Waals surface area contributed by atoms with Crippen molar-refractivity contribution in [3.8, 4) is 0 Å². The second kappa shape index (κ2) is 5.71. The largest absolute Gasteiger partial charge is 0.479 e. The number of nitrogens with zero attached hydrogens (tertiary/aromatic N) is 1. The van der Waals surface area contributed by atoms with Gasteiger partial charge in [0.2, 0.25) is 0 Å². The molecule has 0 fully saturated rings. The molecule has 0 aliphatic heterocycles. The third-order valence-electron chi connectivity index (χ3n) is 2.70. The number of hydrogen-bond acceptors (Lipinski definition) is 4. The van der Waals surface area contributed by atoms with Crippen LogP contribution < -0.4 is 10.2 Å². The van der Waals surface area contributed by atoms with Crippen molar-refractivity contribution in [3.63, 3.8) is 0 Å². The summed E-state index contributed by atoms with van der Waals surface area (Å²) in [6.07, 6.45) is 0. The minimum atomic E-state index is -1.97. The van der Waals surface area contributed by atoms with Crippen molar-refractivity contribution >= 4 is 17.6 Å². The van der Waals surface area contributed by atoms with Crippen LogP contribution in [0.15, 0.2) is 24.3 Å². The van der Waals surface area contributed by atoms with Crippen LogP contribution in [0.4, 0.5) is 5.69 Å². The van der Waals surface area contributed by atoms with Gasteiger partial charge in [0, 0.05) is 25.3 Å². The van der Waals surface area contributed by atoms with Gasteiger partial charge < -0.3 is 20.4 Å². The molecule has 0 aliphatic rings. The van der Waals surface area contributed by atoms with Crippen molar-refractivity contribution in [3.05, 3.63) is 29.8 Å². The summed E-state index contributed by atoms with van der Waals surface area (Å²) in [5.41, 5.74) is -0.611. The quantitative estimate of drug-likeness (QED) is 0.714. The summed E-state index contributed by atoms with van der Waals surface area (Å²) in [4.78, 5) is 24.3. The summed E-state index contributed by atoms with van der Waals surface area (Å²) in [6, 6.07) is 6.84. The molecule has 0 radical (unpaired) electrons. The third-order valence-corrected chi connectivity index (χ3v) is 2.70. The molecule has 1 unspecified atom stereocenters. The van der Waals surface area contributed by atoms with Gasteiger partial charge in [0.05, 0.1) is 6.54 Å². The number of rotatable bonds is 5. The van der Waals surface area contributed by atoms with Crippen molar-refractivity contribution in [2.75, 3.05) is 25.5 Å². The Morgan fingerprint density at radius 1 is 1.26 bits per heavy atom. The average molecular weight is 266 g/mol. The van der Waals surface area contributed by atoms with Gasteiger partial charge in [0.1, 0.15) is 0 Å². The summed E-state index contributed by atoms with van der Waals surface area (Å²) in [7, 11) is 3.78. The minimum absolute atomic E-state index is 0.351. The highest BCUT2D eigenvalue weighted by Gasteiger charge is 2.30. The Hall–Kier alpha value is -2.08. The van der Waals surface area contributed by atoms with E-state index in [1.165, 1.54) is 0 Å². The molecule has 1 amide bonds. The molecule has 1 aromatic carbocycles. The van der Waals surface area contributed by atoms with Crippen LogP contribution in [0.3, 0.4) is 0 Å². The van der Waals surface area contributed by atoms with Gasteiger partial charge in [-0.25, -0.2) is 4.79 Å². The fourth-order valence-corrected chi connectivity index (χ4v) is 1.34. The van der Waals surface area contributed by atoms with Gasteiger partial charge in [0.25, 0.3) is 5.91 Å². The van der Waals surface area contributed by atoms with E-state index in [4.69, 9.17) is 5.11 Å². The zero-order valence-electron chi connectivity index (χ0n) is 11.2. The van der Waals surface area contributed by atoms with E-state index < -0.39 is 17.5 Å². The van der Waals surface area contributed by atoms with Crippen molar-refractivity contribution < 1.29 is 19.8 Å². The molecule has 1 atom stereocenters. The normalized spacial score (nSPS) is 13.5. The first-order chi connectivity index (χ1) is 8.74. The number of amides is 1. The number of aliphatic carboxylic acids is 1. The second-order valence-corrected chi connectivity index (χ2v) is 4.70. The van der Waals surface area contributed by atoms with Crippen molar-refractivity contribution in [1.29, 1.82) is 0 Å². The van der Waals surface area contributed by atoms with E-state index in [2.05, 4.69) is 5.32 Å². The maximum absolute atomic E-state index is 11.8. The van der Waals surface area contributed by atoms with Gasteiger partial charge in [-0.05, 0) is 31.2 Å². The lowest BCUT2D eigenvalue weighted by Crippen LogP contribution is -2.46. The van der Waals surface area contributed by atoms with E-state index in [0.717, 1.165) is 12.6 Å². The Morgan fingerprint density at radius 3 is 2.21 bits per heavy atom. The van der Waals surface area contributed by atoms with Gasteiger partial charge in [-0.3, -0.25) is 4.79 Å². The molecule has 6 heteroatoms. The molecule has 0 heterocycles. The molecule has 6 nitrogen and oxygen atoms in total. The van der Waals surface area contributed by atoms with E-state index in [1.54, 1.807) is 24.3 Å². The van der Waals surface area contributed by atoms with Crippen molar-refractivity contribution in [2.45, 2.75) is 12.5 Å². The lowest BCUT2D eigenvalue weighted by atomic mass is 10.1. The molecule has 1 rings (SSSR count). The third kappa shape index (κ3) is 3.96. The number of carboxylic acids is 1. The van der Waals surface area contributed by atoms with E-state index in [-0.39, 0.29) is 6.54 Å². The first-order valence-electron chi connectivity index (χ1n) is 5.75. The predicted molar refractivity (Wildman–Crippen MR) is 71.4 cm³/mol. The summed E-state index contributed by atoms with van der Waals surface area (Å²) in [6.45, 7) is 0.779. The van der Waals surface area contributed by atoms with Crippen LogP contribution in [0, 0.1) is 0 Å². The van der Waals surface area contributed by atoms with Crippen LogP contribution in [0.1, 0.15) is 17.3 Å². The van der Waals surface area contributed by atoms with E-state index in [9.17, 15) is 14.7 Å². The fraction of sp³-hybridized carbons (Fsp3) is 0.385. The van der Waals surface area contributed by atoms with Crippen LogP contribution in [0.25, 0.3) is 0 Å². The van der Waals surface area contributed by atoms with Crippen LogP contribution >= 0.6 is 0 Å². The Labute approximate surface area is 111 Å². The number of hydrogen-bond donors (Lipinski definition) is 3. The number of carboxylic acid groups (broad SMARTS) is 1. The van der Waals surface area contributed by atoms with Crippen LogP contribution in [0.5, 0.6) is 0 Å². The summed E-state index contributed by atoms with van der Waals surface area (Å²) in [5, 5.41) is 20.6. The predicted octanol–water partition coefficient (Wildman–Crippen LogP) is 0.318. The van der Waals surface area contributed by atoms with Crippen LogP contribution in [0.2, 0.25) is 0 Å². The van der Waals surface area contributed by atoms with E-state index in [0.29, 0.717) is 5.56 Å². The Bertz CT molecular complexity index is 466. The van der Waals surface area contributed by atoms with E-state index in [1.807, 2.05) is 19.0 Å². The lowest BCUT2D eigenvalue weighted by Gasteiger charge is -2.18. The molecule has 19 heavy (non-hydrogen) atoms. The van der Waals surface area contributed by atoms with Crippen molar-refractivity contribution in [2.24, 2.45) is 0 Å². The molecule has 1 aromatic rings. The van der Waals surface area contributed by atoms with Gasteiger partial charge in [-0.2, -0.15) is 0 Å². The summed E-state index contributed by atoms with van der Waals surface area (Å²) >= 11 is 0. The zero-order chi connectivity index (χ0) is 14.6.